The molecule has 1 unspecified atom stereocenters. The molecule has 0 bridgehead atoms. The lowest BCUT2D eigenvalue weighted by Crippen LogP contribution is -2.45. The Kier molecular flexibility index (Phi) is 3.79. The van der Waals surface area contributed by atoms with Crippen LogP contribution in [-0.4, -0.2) is 25.0 Å². The normalized spacial score (nSPS) is 20.0. The van der Waals surface area contributed by atoms with Crippen LogP contribution in [-0.2, 0) is 0 Å². The van der Waals surface area contributed by atoms with Crippen LogP contribution in [0.3, 0.4) is 0 Å². The van der Waals surface area contributed by atoms with E-state index in [0.29, 0.717) is 0 Å². The Morgan fingerprint density at radius 1 is 1.41 bits per heavy atom. The van der Waals surface area contributed by atoms with Crippen LogP contribution in [0.1, 0.15) is 34.3 Å². The maximum Gasteiger partial charge on any atom is 0.251 e. The van der Waals surface area contributed by atoms with Gasteiger partial charge in [-0.25, -0.2) is 0 Å². The van der Waals surface area contributed by atoms with Gasteiger partial charge in [-0.05, 0) is 44.9 Å². The Morgan fingerprint density at radius 2 is 2.24 bits per heavy atom. The molecule has 1 aromatic rings. The molecule has 1 amide bonds. The molecular formula is C14H20N2O. The van der Waals surface area contributed by atoms with Gasteiger partial charge < -0.3 is 10.6 Å². The Labute approximate surface area is 103 Å². The number of aryl methyl sites for hydroxylation is 2. The van der Waals surface area contributed by atoms with Crippen molar-refractivity contribution < 1.29 is 4.79 Å². The average Bonchev–Trinajstić information content (AvgIpc) is 2.33. The number of amides is 1. The number of benzene rings is 1. The van der Waals surface area contributed by atoms with E-state index in [-0.39, 0.29) is 11.9 Å². The molecule has 0 radical (unpaired) electrons. The first-order valence-electron chi connectivity index (χ1n) is 6.25. The van der Waals surface area contributed by atoms with E-state index in [1.165, 1.54) is 0 Å². The summed E-state index contributed by atoms with van der Waals surface area (Å²) in [6.07, 6.45) is 2.21. The third-order valence-corrected chi connectivity index (χ3v) is 3.27. The Bertz CT molecular complexity index is 409. The Balaban J connectivity index is 2.05. The van der Waals surface area contributed by atoms with E-state index in [1.807, 2.05) is 32.0 Å². The highest BCUT2D eigenvalue weighted by Gasteiger charge is 2.17. The highest BCUT2D eigenvalue weighted by atomic mass is 16.1. The lowest BCUT2D eigenvalue weighted by Gasteiger charge is -2.24. The standard InChI is InChI=1S/C14H20N2O/c1-10-5-6-11(2)13(8-10)14(17)16-12-4-3-7-15-9-12/h5-6,8,12,15H,3-4,7,9H2,1-2H3,(H,16,17). The summed E-state index contributed by atoms with van der Waals surface area (Å²) in [6, 6.07) is 6.27. The van der Waals surface area contributed by atoms with Gasteiger partial charge in [0.15, 0.2) is 0 Å². The van der Waals surface area contributed by atoms with Gasteiger partial charge in [-0.15, -0.1) is 0 Å². The fourth-order valence-corrected chi connectivity index (χ4v) is 2.22. The molecule has 1 aromatic carbocycles. The molecule has 92 valence electrons. The number of carbonyl (C=O) groups is 1. The predicted octanol–water partition coefficient (Wildman–Crippen LogP) is 1.79. The monoisotopic (exact) mass is 232 g/mol. The minimum atomic E-state index is 0.0555. The number of hydrogen-bond donors (Lipinski definition) is 2. The van der Waals surface area contributed by atoms with Crippen LogP contribution >= 0.6 is 0 Å². The molecule has 2 rings (SSSR count). The van der Waals surface area contributed by atoms with E-state index in [9.17, 15) is 4.79 Å². The second-order valence-electron chi connectivity index (χ2n) is 4.84. The van der Waals surface area contributed by atoms with Crippen molar-refractivity contribution in [2.24, 2.45) is 0 Å². The van der Waals surface area contributed by atoms with Crippen LogP contribution in [0.4, 0.5) is 0 Å². The Hall–Kier alpha value is -1.35. The molecule has 1 atom stereocenters. The largest absolute Gasteiger partial charge is 0.348 e. The zero-order valence-electron chi connectivity index (χ0n) is 10.5. The van der Waals surface area contributed by atoms with Gasteiger partial charge >= 0.3 is 0 Å². The van der Waals surface area contributed by atoms with Gasteiger partial charge in [0, 0.05) is 18.2 Å². The van der Waals surface area contributed by atoms with Crippen molar-refractivity contribution in [3.05, 3.63) is 34.9 Å². The second-order valence-corrected chi connectivity index (χ2v) is 4.84. The number of rotatable bonds is 2. The summed E-state index contributed by atoms with van der Waals surface area (Å²) in [5, 5.41) is 6.40. The molecule has 2 N–H and O–H groups in total. The van der Waals surface area contributed by atoms with Gasteiger partial charge in [0.1, 0.15) is 0 Å². The molecule has 17 heavy (non-hydrogen) atoms. The van der Waals surface area contributed by atoms with E-state index in [1.54, 1.807) is 0 Å². The molecule has 1 aliphatic heterocycles. The first kappa shape index (κ1) is 12.1. The number of hydrogen-bond acceptors (Lipinski definition) is 2. The van der Waals surface area contributed by atoms with Crippen LogP contribution in [0.25, 0.3) is 0 Å². The first-order valence-corrected chi connectivity index (χ1v) is 6.25. The first-order chi connectivity index (χ1) is 8.16. The molecule has 3 nitrogen and oxygen atoms in total. The van der Waals surface area contributed by atoms with Crippen LogP contribution in [0, 0.1) is 13.8 Å². The zero-order valence-corrected chi connectivity index (χ0v) is 10.5. The van der Waals surface area contributed by atoms with E-state index >= 15 is 0 Å². The second kappa shape index (κ2) is 5.32. The fourth-order valence-electron chi connectivity index (χ4n) is 2.22. The van der Waals surface area contributed by atoms with Crippen molar-refractivity contribution >= 4 is 5.91 Å². The Morgan fingerprint density at radius 3 is 2.94 bits per heavy atom. The molecule has 1 aliphatic rings. The van der Waals surface area contributed by atoms with Crippen molar-refractivity contribution in [2.45, 2.75) is 32.7 Å². The lowest BCUT2D eigenvalue weighted by molar-refractivity contribution is 0.0930. The van der Waals surface area contributed by atoms with E-state index < -0.39 is 0 Å². The molecule has 1 saturated heterocycles. The molecule has 0 aromatic heterocycles. The molecule has 1 fully saturated rings. The van der Waals surface area contributed by atoms with Crippen molar-refractivity contribution in [1.82, 2.24) is 10.6 Å². The molecular weight excluding hydrogens is 212 g/mol. The van der Waals surface area contributed by atoms with Gasteiger partial charge in [0.25, 0.3) is 5.91 Å². The average molecular weight is 232 g/mol. The van der Waals surface area contributed by atoms with Crippen molar-refractivity contribution in [1.29, 1.82) is 0 Å². The smallest absolute Gasteiger partial charge is 0.251 e. The maximum atomic E-state index is 12.1. The third kappa shape index (κ3) is 3.07. The summed E-state index contributed by atoms with van der Waals surface area (Å²) in [5.74, 6) is 0.0555. The fraction of sp³-hybridized carbons (Fsp3) is 0.500. The van der Waals surface area contributed by atoms with Crippen molar-refractivity contribution in [2.75, 3.05) is 13.1 Å². The summed E-state index contributed by atoms with van der Waals surface area (Å²) in [5.41, 5.74) is 2.97. The summed E-state index contributed by atoms with van der Waals surface area (Å²) >= 11 is 0. The van der Waals surface area contributed by atoms with Gasteiger partial charge in [-0.1, -0.05) is 17.7 Å². The minimum Gasteiger partial charge on any atom is -0.348 e. The van der Waals surface area contributed by atoms with Crippen molar-refractivity contribution in [3.63, 3.8) is 0 Å². The summed E-state index contributed by atoms with van der Waals surface area (Å²) in [7, 11) is 0. The molecule has 3 heteroatoms. The van der Waals surface area contributed by atoms with E-state index in [2.05, 4.69) is 10.6 Å². The quantitative estimate of drug-likeness (QED) is 0.816. The van der Waals surface area contributed by atoms with Gasteiger partial charge in [-0.3, -0.25) is 4.79 Å². The van der Waals surface area contributed by atoms with Crippen LogP contribution in [0.15, 0.2) is 18.2 Å². The third-order valence-electron chi connectivity index (χ3n) is 3.27. The van der Waals surface area contributed by atoms with Gasteiger partial charge in [-0.2, -0.15) is 0 Å². The molecule has 0 aliphatic carbocycles. The summed E-state index contributed by atoms with van der Waals surface area (Å²) < 4.78 is 0. The number of nitrogens with one attached hydrogen (secondary N) is 2. The lowest BCUT2D eigenvalue weighted by atomic mass is 10.0. The SMILES string of the molecule is Cc1ccc(C)c(C(=O)NC2CCCNC2)c1. The zero-order chi connectivity index (χ0) is 12.3. The van der Waals surface area contributed by atoms with Crippen LogP contribution in [0.2, 0.25) is 0 Å². The van der Waals surface area contributed by atoms with Gasteiger partial charge in [0.05, 0.1) is 0 Å². The maximum absolute atomic E-state index is 12.1. The molecule has 1 heterocycles. The van der Waals surface area contributed by atoms with Crippen molar-refractivity contribution in [3.8, 4) is 0 Å². The van der Waals surface area contributed by atoms with Gasteiger partial charge in [0.2, 0.25) is 0 Å². The summed E-state index contributed by atoms with van der Waals surface area (Å²) in [4.78, 5) is 12.1. The van der Waals surface area contributed by atoms with Crippen LogP contribution in [0.5, 0.6) is 0 Å². The topological polar surface area (TPSA) is 41.1 Å². The highest BCUT2D eigenvalue weighted by molar-refractivity contribution is 5.96. The summed E-state index contributed by atoms with van der Waals surface area (Å²) in [6.45, 7) is 5.94. The minimum absolute atomic E-state index is 0.0555. The van der Waals surface area contributed by atoms with E-state index in [4.69, 9.17) is 0 Å². The van der Waals surface area contributed by atoms with Crippen LogP contribution < -0.4 is 10.6 Å². The molecule has 0 spiro atoms. The number of carbonyl (C=O) groups excluding carboxylic acids is 1. The van der Waals surface area contributed by atoms with E-state index in [0.717, 1.165) is 42.6 Å². The molecule has 0 saturated carbocycles. The number of piperidine rings is 1. The highest BCUT2D eigenvalue weighted by Crippen LogP contribution is 2.11. The predicted molar refractivity (Wildman–Crippen MR) is 69.3 cm³/mol.